The maximum atomic E-state index is 12.3. The molecular weight excluding hydrogens is 322 g/mol. The van der Waals surface area contributed by atoms with Crippen molar-refractivity contribution < 1.29 is 23.8 Å². The van der Waals surface area contributed by atoms with E-state index in [9.17, 15) is 9.59 Å². The normalized spacial score (nSPS) is 23.0. The molecule has 2 aliphatic rings. The second-order valence-corrected chi connectivity index (χ2v) is 7.86. The Hall–Kier alpha value is -2.24. The molecule has 0 aliphatic carbocycles. The van der Waals surface area contributed by atoms with Crippen molar-refractivity contribution in [1.82, 2.24) is 4.90 Å². The van der Waals surface area contributed by atoms with Crippen molar-refractivity contribution >= 4 is 12.1 Å². The van der Waals surface area contributed by atoms with Gasteiger partial charge in [-0.2, -0.15) is 0 Å². The van der Waals surface area contributed by atoms with Crippen molar-refractivity contribution in [1.29, 1.82) is 0 Å². The fourth-order valence-electron chi connectivity index (χ4n) is 3.23. The number of fused-ring (bicyclic) bond motifs is 1. The third kappa shape index (κ3) is 4.24. The number of esters is 1. The summed E-state index contributed by atoms with van der Waals surface area (Å²) in [6.45, 7) is 9.13. The van der Waals surface area contributed by atoms with Crippen LogP contribution in [0, 0.1) is 5.92 Å². The SMILES string of the molecule is C[C@H]1C[C@H](Oc2ccc3c(c2)COC3=O)CN(C(=O)OC(C)(C)C)C1. The van der Waals surface area contributed by atoms with E-state index in [1.54, 1.807) is 17.0 Å². The average molecular weight is 347 g/mol. The Bertz CT molecular complexity index is 679. The van der Waals surface area contributed by atoms with E-state index >= 15 is 0 Å². The lowest BCUT2D eigenvalue weighted by molar-refractivity contribution is -0.000551. The molecule has 6 heteroatoms. The predicted molar refractivity (Wildman–Crippen MR) is 91.6 cm³/mol. The lowest BCUT2D eigenvalue weighted by Gasteiger charge is -2.37. The topological polar surface area (TPSA) is 65.1 Å². The molecule has 0 N–H and O–H groups in total. The van der Waals surface area contributed by atoms with E-state index in [4.69, 9.17) is 14.2 Å². The third-order valence-corrected chi connectivity index (χ3v) is 4.23. The Kier molecular flexibility index (Phi) is 4.62. The highest BCUT2D eigenvalue weighted by Gasteiger charge is 2.32. The lowest BCUT2D eigenvalue weighted by atomic mass is 9.98. The minimum atomic E-state index is -0.513. The monoisotopic (exact) mass is 347 g/mol. The van der Waals surface area contributed by atoms with Crippen LogP contribution in [0.15, 0.2) is 18.2 Å². The fourth-order valence-corrected chi connectivity index (χ4v) is 3.23. The maximum absolute atomic E-state index is 12.3. The molecule has 1 fully saturated rings. The fraction of sp³-hybridized carbons (Fsp3) is 0.579. The van der Waals surface area contributed by atoms with Crippen LogP contribution in [0.4, 0.5) is 4.79 Å². The molecule has 1 saturated heterocycles. The number of cyclic esters (lactones) is 1. The molecule has 6 nitrogen and oxygen atoms in total. The van der Waals surface area contributed by atoms with Crippen molar-refractivity contribution in [2.45, 2.75) is 52.4 Å². The summed E-state index contributed by atoms with van der Waals surface area (Å²) in [4.78, 5) is 25.6. The number of carbonyl (C=O) groups excluding carboxylic acids is 2. The first-order valence-electron chi connectivity index (χ1n) is 8.66. The molecule has 0 bridgehead atoms. The van der Waals surface area contributed by atoms with Gasteiger partial charge >= 0.3 is 12.1 Å². The predicted octanol–water partition coefficient (Wildman–Crippen LogP) is 3.38. The summed E-state index contributed by atoms with van der Waals surface area (Å²) >= 11 is 0. The van der Waals surface area contributed by atoms with Crippen LogP contribution in [0.3, 0.4) is 0 Å². The van der Waals surface area contributed by atoms with Crippen LogP contribution in [-0.4, -0.2) is 41.8 Å². The number of hydrogen-bond donors (Lipinski definition) is 0. The highest BCUT2D eigenvalue weighted by Crippen LogP contribution is 2.28. The maximum Gasteiger partial charge on any atom is 0.410 e. The molecule has 1 amide bonds. The molecule has 0 unspecified atom stereocenters. The number of likely N-dealkylation sites (tertiary alicyclic amines) is 1. The van der Waals surface area contributed by atoms with Gasteiger partial charge in [-0.05, 0) is 51.3 Å². The molecule has 136 valence electrons. The Morgan fingerprint density at radius 2 is 2.04 bits per heavy atom. The molecule has 1 aromatic rings. The van der Waals surface area contributed by atoms with Crippen molar-refractivity contribution in [2.24, 2.45) is 5.92 Å². The van der Waals surface area contributed by atoms with Crippen LogP contribution >= 0.6 is 0 Å². The summed E-state index contributed by atoms with van der Waals surface area (Å²) < 4.78 is 16.6. The first kappa shape index (κ1) is 17.6. The highest BCUT2D eigenvalue weighted by atomic mass is 16.6. The van der Waals surface area contributed by atoms with Crippen LogP contribution < -0.4 is 4.74 Å². The molecule has 0 aromatic heterocycles. The Balaban J connectivity index is 1.66. The number of amides is 1. The zero-order chi connectivity index (χ0) is 18.2. The van der Waals surface area contributed by atoms with Gasteiger partial charge in [-0.3, -0.25) is 0 Å². The van der Waals surface area contributed by atoms with E-state index in [0.717, 1.165) is 12.0 Å². The number of benzene rings is 1. The molecule has 0 spiro atoms. The van der Waals surface area contributed by atoms with Gasteiger partial charge in [0.1, 0.15) is 24.1 Å². The second kappa shape index (κ2) is 6.58. The third-order valence-electron chi connectivity index (χ3n) is 4.23. The van der Waals surface area contributed by atoms with E-state index in [2.05, 4.69) is 6.92 Å². The van der Waals surface area contributed by atoms with Gasteiger partial charge in [0.25, 0.3) is 0 Å². The van der Waals surface area contributed by atoms with Crippen molar-refractivity contribution in [3.05, 3.63) is 29.3 Å². The minimum Gasteiger partial charge on any atom is -0.489 e. The molecule has 2 aliphatic heterocycles. The van der Waals surface area contributed by atoms with Gasteiger partial charge < -0.3 is 19.1 Å². The van der Waals surface area contributed by atoms with Crippen LogP contribution in [0.5, 0.6) is 5.75 Å². The first-order chi connectivity index (χ1) is 11.7. The number of ether oxygens (including phenoxy) is 3. The summed E-state index contributed by atoms with van der Waals surface area (Å²) in [6, 6.07) is 5.36. The molecule has 2 heterocycles. The van der Waals surface area contributed by atoms with Crippen LogP contribution in [-0.2, 0) is 16.1 Å². The summed E-state index contributed by atoms with van der Waals surface area (Å²) in [5, 5.41) is 0. The summed E-state index contributed by atoms with van der Waals surface area (Å²) in [7, 11) is 0. The van der Waals surface area contributed by atoms with E-state index in [1.807, 2.05) is 26.8 Å². The largest absolute Gasteiger partial charge is 0.489 e. The minimum absolute atomic E-state index is 0.104. The number of rotatable bonds is 2. The summed E-state index contributed by atoms with van der Waals surface area (Å²) in [6.07, 6.45) is 0.458. The lowest BCUT2D eigenvalue weighted by Crippen LogP contribution is -2.49. The van der Waals surface area contributed by atoms with Gasteiger partial charge in [0.15, 0.2) is 0 Å². The van der Waals surface area contributed by atoms with E-state index < -0.39 is 5.60 Å². The van der Waals surface area contributed by atoms with Gasteiger partial charge in [-0.1, -0.05) is 6.92 Å². The average Bonchev–Trinajstić information content (AvgIpc) is 2.86. The molecule has 3 rings (SSSR count). The van der Waals surface area contributed by atoms with Gasteiger partial charge in [0, 0.05) is 12.1 Å². The summed E-state index contributed by atoms with van der Waals surface area (Å²) in [5.41, 5.74) is 0.927. The van der Waals surface area contributed by atoms with E-state index in [0.29, 0.717) is 30.3 Å². The number of piperidine rings is 1. The quantitative estimate of drug-likeness (QED) is 0.767. The first-order valence-corrected chi connectivity index (χ1v) is 8.66. The molecule has 1 aromatic carbocycles. The molecular formula is C19H25NO5. The number of hydrogen-bond acceptors (Lipinski definition) is 5. The van der Waals surface area contributed by atoms with Gasteiger partial charge in [-0.15, -0.1) is 0 Å². The van der Waals surface area contributed by atoms with Crippen molar-refractivity contribution in [3.63, 3.8) is 0 Å². The highest BCUT2D eigenvalue weighted by molar-refractivity contribution is 5.93. The second-order valence-electron chi connectivity index (χ2n) is 7.86. The van der Waals surface area contributed by atoms with Crippen LogP contribution in [0.1, 0.15) is 50.0 Å². The Morgan fingerprint density at radius 1 is 1.28 bits per heavy atom. The molecule has 2 atom stereocenters. The standard InChI is InChI=1S/C19H25NO5/c1-12-7-15(10-20(9-12)18(22)25-19(2,3)4)24-14-5-6-16-13(8-14)11-23-17(16)21/h5-6,8,12,15H,7,9-11H2,1-4H3/t12-,15-/m0/s1. The van der Waals surface area contributed by atoms with E-state index in [-0.39, 0.29) is 24.8 Å². The molecule has 0 saturated carbocycles. The zero-order valence-corrected chi connectivity index (χ0v) is 15.2. The molecule has 0 radical (unpaired) electrons. The summed E-state index contributed by atoms with van der Waals surface area (Å²) in [5.74, 6) is 0.731. The van der Waals surface area contributed by atoms with Gasteiger partial charge in [-0.25, -0.2) is 9.59 Å². The molecule has 25 heavy (non-hydrogen) atoms. The van der Waals surface area contributed by atoms with Crippen LogP contribution in [0.2, 0.25) is 0 Å². The number of nitrogens with zero attached hydrogens (tertiary/aromatic N) is 1. The zero-order valence-electron chi connectivity index (χ0n) is 15.2. The van der Waals surface area contributed by atoms with Crippen molar-refractivity contribution in [3.8, 4) is 5.75 Å². The van der Waals surface area contributed by atoms with E-state index in [1.165, 1.54) is 0 Å². The van der Waals surface area contributed by atoms with Gasteiger partial charge in [0.05, 0.1) is 12.1 Å². The van der Waals surface area contributed by atoms with Crippen molar-refractivity contribution in [2.75, 3.05) is 13.1 Å². The Morgan fingerprint density at radius 3 is 2.76 bits per heavy atom. The Labute approximate surface area is 148 Å². The van der Waals surface area contributed by atoms with Crippen LogP contribution in [0.25, 0.3) is 0 Å². The smallest absolute Gasteiger partial charge is 0.410 e. The van der Waals surface area contributed by atoms with Gasteiger partial charge in [0.2, 0.25) is 0 Å². The number of carbonyl (C=O) groups is 2.